The predicted octanol–water partition coefficient (Wildman–Crippen LogP) is 13.5. The molecule has 558 valence electrons. The number of hydrogen-bond donors (Lipinski definition) is 3. The molecule has 2 aliphatic heterocycles. The number of carbonyl (C=O) groups excluding carboxylic acids is 3. The molecule has 99 heavy (non-hydrogen) atoms. The van der Waals surface area contributed by atoms with Crippen LogP contribution in [-0.4, -0.2) is 153 Å². The summed E-state index contributed by atoms with van der Waals surface area (Å²) in [6.07, 6.45) is 37.6. The Morgan fingerprint density at radius 1 is 0.455 bits per heavy atom. The quantitative estimate of drug-likeness (QED) is 0.103. The first-order chi connectivity index (χ1) is 47.8. The summed E-state index contributed by atoms with van der Waals surface area (Å²) < 4.78 is 50.5. The van der Waals surface area contributed by atoms with Crippen LogP contribution in [0.25, 0.3) is 0 Å². The average Bonchev–Trinajstić information content (AvgIpc) is 1.61. The summed E-state index contributed by atoms with van der Waals surface area (Å²) in [5.41, 5.74) is 0.0295. The van der Waals surface area contributed by atoms with Gasteiger partial charge in [0, 0.05) is 83.5 Å². The van der Waals surface area contributed by atoms with Crippen LogP contribution in [-0.2, 0) is 57.0 Å². The summed E-state index contributed by atoms with van der Waals surface area (Å²) in [7, 11) is 1.76. The van der Waals surface area contributed by atoms with Gasteiger partial charge in [-0.1, -0.05) is 0 Å². The maximum absolute atomic E-state index is 12.0. The van der Waals surface area contributed by atoms with Gasteiger partial charge in [-0.15, -0.1) is 0 Å². The van der Waals surface area contributed by atoms with Crippen molar-refractivity contribution in [3.63, 3.8) is 0 Å². The number of ether oxygens (including phenoxy) is 9. The minimum absolute atomic E-state index is 0.0212. The van der Waals surface area contributed by atoms with Gasteiger partial charge in [0.05, 0.1) is 72.4 Å². The van der Waals surface area contributed by atoms with Gasteiger partial charge < -0.3 is 58.0 Å². The lowest BCUT2D eigenvalue weighted by Crippen LogP contribution is -2.59. The first-order valence-electron chi connectivity index (χ1n) is 42.0. The largest absolute Gasteiger partial charge is 0.465 e. The van der Waals surface area contributed by atoms with Gasteiger partial charge in [0.2, 0.25) is 0 Å². The molecule has 26 rings (SSSR count). The molecular formula is C84H132O15. The molecule has 27 unspecified atom stereocenters. The fraction of sp³-hybridized carbons (Fsp3) is 0.964. The van der Waals surface area contributed by atoms with Crippen LogP contribution in [0.1, 0.15) is 228 Å². The number of ketones is 1. The van der Waals surface area contributed by atoms with Crippen LogP contribution < -0.4 is 0 Å². The molecule has 3 N–H and O–H groups in total. The molecule has 0 aromatic heterocycles. The van der Waals surface area contributed by atoms with Crippen molar-refractivity contribution in [3.8, 4) is 0 Å². The van der Waals surface area contributed by atoms with Crippen molar-refractivity contribution in [3.05, 3.63) is 0 Å². The molecule has 2 saturated heterocycles. The molecule has 15 nitrogen and oxygen atoms in total. The van der Waals surface area contributed by atoms with Crippen LogP contribution in [0, 0.1) is 159 Å². The van der Waals surface area contributed by atoms with Crippen molar-refractivity contribution in [2.75, 3.05) is 66.6 Å². The highest BCUT2D eigenvalue weighted by molar-refractivity contribution is 5.86. The van der Waals surface area contributed by atoms with Crippen molar-refractivity contribution in [2.24, 2.45) is 159 Å². The van der Waals surface area contributed by atoms with E-state index in [0.717, 1.165) is 194 Å². The number of methoxy groups -OCH3 is 1. The van der Waals surface area contributed by atoms with Crippen LogP contribution in [0.2, 0.25) is 0 Å². The molecule has 27 atom stereocenters. The Kier molecular flexibility index (Phi) is 20.7. The van der Waals surface area contributed by atoms with Crippen molar-refractivity contribution >= 4 is 17.7 Å². The second-order valence-corrected chi connectivity index (χ2v) is 38.4. The zero-order valence-corrected chi connectivity index (χ0v) is 62.1. The van der Waals surface area contributed by atoms with Crippen molar-refractivity contribution in [1.29, 1.82) is 0 Å². The summed E-state index contributed by atoms with van der Waals surface area (Å²) in [4.78, 5) is 34.8. The fourth-order valence-corrected chi connectivity index (χ4v) is 31.0. The van der Waals surface area contributed by atoms with Gasteiger partial charge >= 0.3 is 11.9 Å². The van der Waals surface area contributed by atoms with Crippen LogP contribution in [0.15, 0.2) is 0 Å². The normalized spacial score (nSPS) is 53.5. The Morgan fingerprint density at radius 3 is 1.72 bits per heavy atom. The monoisotopic (exact) mass is 1380 g/mol. The lowest BCUT2D eigenvalue weighted by atomic mass is 9.50. The zero-order valence-electron chi connectivity index (χ0n) is 62.1. The Labute approximate surface area is 594 Å². The third-order valence-corrected chi connectivity index (χ3v) is 32.4. The molecule has 24 saturated carbocycles. The number of Topliss-reactive ketones (excluding diaryl/α,β-unsaturated/α-hetero) is 1. The number of fused-ring (bicyclic) bond motifs is 15. The summed E-state index contributed by atoms with van der Waals surface area (Å²) >= 11 is 0. The van der Waals surface area contributed by atoms with E-state index in [1.54, 1.807) is 26.4 Å². The van der Waals surface area contributed by atoms with Gasteiger partial charge in [-0.2, -0.15) is 0 Å². The minimum Gasteiger partial charge on any atom is -0.465 e. The lowest BCUT2D eigenvalue weighted by molar-refractivity contribution is -0.218. The van der Waals surface area contributed by atoms with Crippen LogP contribution in [0.3, 0.4) is 0 Å². The Bertz CT molecular complexity index is 2760. The van der Waals surface area contributed by atoms with E-state index in [9.17, 15) is 29.7 Å². The molecule has 24 bridgehead atoms. The number of aliphatic hydroxyl groups is 3. The standard InChI is InChI=1S/C14H22O2.C13H22O.2C12H20O2.C12H18O2.C11H16O3.C10H14O3/c1-2-16-12-6-8-4-10(12)14-9-3-7(13(8)14)5-11(9)15;1-2-14-9-13-6-10-3-11(7-13)5-12(4-10)8-13;1-2-14-12-6-9-3-10(7-12)5-11(13,4-9)8-12;1-2-14-11-9-3-8-4-10(11)7-12(13,5-8)6-9;1-2-14-12-9-4-7-3-8(6-9)11(13)10(12)5-7;1-13-4-7-2-6-3-8(7)9-5-14-11(12)10(6)9;1-2-12-8-5-3-6-7(4-5)10(11)13-9(6)8/h7-15H,2-6H2,1H3;10-12H,2-9H2,1H3;9-10,13H,2-8H2,1H3;8-11,13H,2-7H2,1H3;7-10,12H,2-6H2,1H3;6-10H,2-5H2,1H3;5-9H,2-4H2,1H3. The summed E-state index contributed by atoms with van der Waals surface area (Å²) in [6.45, 7) is 19.9. The van der Waals surface area contributed by atoms with E-state index in [0.29, 0.717) is 95.1 Å². The average molecular weight is 1380 g/mol. The zero-order chi connectivity index (χ0) is 68.4. The molecular weight excluding hydrogens is 1250 g/mol. The van der Waals surface area contributed by atoms with Crippen molar-refractivity contribution in [2.45, 2.75) is 281 Å². The second kappa shape index (κ2) is 28.7. The van der Waals surface area contributed by atoms with Gasteiger partial charge in [-0.3, -0.25) is 14.4 Å². The third kappa shape index (κ3) is 13.5. The summed E-state index contributed by atoms with van der Waals surface area (Å²) in [5.74, 6) is 18.7. The lowest BCUT2D eigenvalue weighted by Gasteiger charge is -2.59. The molecule has 26 fully saturated rings. The van der Waals surface area contributed by atoms with Gasteiger partial charge in [0.15, 0.2) is 0 Å². The smallest absolute Gasteiger partial charge is 0.309 e. The number of rotatable bonds is 15. The highest BCUT2D eigenvalue weighted by Crippen LogP contribution is 2.69. The topological polar surface area (TPSA) is 195 Å². The second-order valence-electron chi connectivity index (χ2n) is 38.4. The van der Waals surface area contributed by atoms with E-state index in [4.69, 9.17) is 42.6 Å². The predicted molar refractivity (Wildman–Crippen MR) is 373 cm³/mol. The molecule has 24 aliphatic carbocycles. The van der Waals surface area contributed by atoms with Gasteiger partial charge in [-0.05, 0) is 345 Å². The number of esters is 2. The van der Waals surface area contributed by atoms with E-state index in [1.807, 2.05) is 13.8 Å². The number of cyclic esters (lactones) is 1. The SMILES string of the molecule is CCOC12CC3CC(CC(O)(C3)C1)C2.CCOC1C2CC3C(=O)OC1C3C2.CCOC1C2CC3CC(C2)C(=O)C1C3.CCOC1C2CC3CC1CC(O)(C3)C2.CCOC1CC2CC1C1C3CC(CC3O)C21.CCOCC12CC3CC(CC(C3)C1)C2.COCC1CC2CC1C1COC(=O)C21. The van der Waals surface area contributed by atoms with E-state index in [2.05, 4.69) is 27.7 Å². The van der Waals surface area contributed by atoms with E-state index >= 15 is 0 Å². The maximum Gasteiger partial charge on any atom is 0.309 e. The van der Waals surface area contributed by atoms with Crippen LogP contribution in [0.4, 0.5) is 0 Å². The first-order valence-corrected chi connectivity index (χ1v) is 42.0. The first kappa shape index (κ1) is 71.5. The van der Waals surface area contributed by atoms with Gasteiger partial charge in [0.1, 0.15) is 11.9 Å². The van der Waals surface area contributed by atoms with Crippen molar-refractivity contribution in [1.82, 2.24) is 0 Å². The molecule has 26 aliphatic rings. The highest BCUT2D eigenvalue weighted by Gasteiger charge is 2.67. The van der Waals surface area contributed by atoms with Gasteiger partial charge in [0.25, 0.3) is 0 Å². The molecule has 0 aromatic carbocycles. The number of hydrogen-bond acceptors (Lipinski definition) is 15. The molecule has 0 radical (unpaired) electrons. The Hall–Kier alpha value is -1.79. The molecule has 15 heteroatoms. The minimum atomic E-state index is -0.362. The highest BCUT2D eigenvalue weighted by atomic mass is 16.6. The summed E-state index contributed by atoms with van der Waals surface area (Å²) in [6, 6.07) is 0. The maximum atomic E-state index is 12.0. The van der Waals surface area contributed by atoms with Crippen LogP contribution >= 0.6 is 0 Å². The number of carbonyl (C=O) groups is 3. The van der Waals surface area contributed by atoms with E-state index < -0.39 is 0 Å². The third-order valence-electron chi connectivity index (χ3n) is 32.4. The van der Waals surface area contributed by atoms with Crippen LogP contribution in [0.5, 0.6) is 0 Å². The molecule has 0 spiro atoms. The molecule has 0 amide bonds. The number of aliphatic hydroxyl groups excluding tert-OH is 1. The fourth-order valence-electron chi connectivity index (χ4n) is 31.0. The Morgan fingerprint density at radius 2 is 1.06 bits per heavy atom. The van der Waals surface area contributed by atoms with E-state index in [1.165, 1.54) is 96.3 Å². The molecule has 0 aromatic rings. The van der Waals surface area contributed by atoms with Crippen molar-refractivity contribution < 1.29 is 72.3 Å². The van der Waals surface area contributed by atoms with E-state index in [-0.39, 0.29) is 70.9 Å². The Balaban J connectivity index is 0.0000000902. The summed E-state index contributed by atoms with van der Waals surface area (Å²) in [5, 5.41) is 30.8. The van der Waals surface area contributed by atoms with Gasteiger partial charge in [-0.25, -0.2) is 0 Å². The molecule has 2 heterocycles.